The number of carbonyl (C=O) groups excluding carboxylic acids is 2. The summed E-state index contributed by atoms with van der Waals surface area (Å²) in [6.07, 6.45) is 0. The van der Waals surface area contributed by atoms with Crippen LogP contribution in [0.15, 0.2) is 47.4 Å². The molecule has 1 aliphatic rings. The largest absolute Gasteiger partial charge is 0.323 e. The van der Waals surface area contributed by atoms with Crippen LogP contribution in [-0.4, -0.2) is 31.8 Å². The second-order valence-electron chi connectivity index (χ2n) is 5.51. The summed E-state index contributed by atoms with van der Waals surface area (Å²) in [5.74, 6) is -1.18. The summed E-state index contributed by atoms with van der Waals surface area (Å²) in [6.45, 7) is 1.37. The third kappa shape index (κ3) is 3.51. The Kier molecular flexibility index (Phi) is 4.51. The van der Waals surface area contributed by atoms with Crippen molar-refractivity contribution in [1.29, 1.82) is 0 Å². The number of benzene rings is 2. The molecular formula is C16H14ClN3O4S. The first-order valence-corrected chi connectivity index (χ1v) is 9.13. The van der Waals surface area contributed by atoms with Gasteiger partial charge in [-0.25, -0.2) is 8.42 Å². The minimum Gasteiger partial charge on any atom is -0.323 e. The van der Waals surface area contributed by atoms with Crippen molar-refractivity contribution < 1.29 is 18.0 Å². The lowest BCUT2D eigenvalue weighted by Gasteiger charge is -2.28. The van der Waals surface area contributed by atoms with Gasteiger partial charge in [-0.2, -0.15) is 0 Å². The highest BCUT2D eigenvalue weighted by atomic mass is 35.5. The van der Waals surface area contributed by atoms with E-state index in [1.54, 1.807) is 24.3 Å². The summed E-state index contributed by atoms with van der Waals surface area (Å²) >= 11 is 6.05. The Labute approximate surface area is 149 Å². The molecule has 25 heavy (non-hydrogen) atoms. The molecule has 9 heteroatoms. The average molecular weight is 380 g/mol. The van der Waals surface area contributed by atoms with E-state index in [9.17, 15) is 18.0 Å². The van der Waals surface area contributed by atoms with Crippen LogP contribution in [0, 0.1) is 6.92 Å². The highest BCUT2D eigenvalue weighted by molar-refractivity contribution is 7.89. The van der Waals surface area contributed by atoms with Crippen molar-refractivity contribution in [3.05, 3.63) is 58.6 Å². The molecule has 2 amide bonds. The molecule has 0 aliphatic carbocycles. The lowest BCUT2D eigenvalue weighted by Crippen LogP contribution is -2.53. The number of carbonyl (C=O) groups is 2. The molecule has 0 bridgehead atoms. The van der Waals surface area contributed by atoms with Gasteiger partial charge in [-0.05, 0) is 36.8 Å². The number of hydrogen-bond acceptors (Lipinski definition) is 4. The third-order valence-corrected chi connectivity index (χ3v) is 5.29. The van der Waals surface area contributed by atoms with Crippen LogP contribution in [0.1, 0.15) is 15.9 Å². The summed E-state index contributed by atoms with van der Waals surface area (Å²) in [4.78, 5) is 26.6. The predicted molar refractivity (Wildman–Crippen MR) is 92.6 cm³/mol. The molecule has 2 aromatic rings. The number of rotatable bonds is 3. The van der Waals surface area contributed by atoms with Crippen LogP contribution in [0.2, 0.25) is 5.02 Å². The fourth-order valence-corrected chi connectivity index (χ4v) is 3.94. The van der Waals surface area contributed by atoms with Gasteiger partial charge in [-0.15, -0.1) is 4.83 Å². The molecule has 130 valence electrons. The lowest BCUT2D eigenvalue weighted by atomic mass is 10.2. The molecule has 1 heterocycles. The van der Waals surface area contributed by atoms with Gasteiger partial charge in [0.2, 0.25) is 5.91 Å². The standard InChI is InChI=1S/C16H14ClN3O4S/c1-10-6-7-13(12(17)8-10)18-15(21)9-20-16(22)11-4-2-3-5-14(11)25(23,24)19-20/h2-8,19H,9H2,1H3,(H,18,21). The first-order valence-electron chi connectivity index (χ1n) is 7.27. The zero-order valence-electron chi connectivity index (χ0n) is 13.1. The summed E-state index contributed by atoms with van der Waals surface area (Å²) in [6, 6.07) is 10.9. The first-order chi connectivity index (χ1) is 11.8. The number of hydrogen-bond donors (Lipinski definition) is 2. The number of aryl methyl sites for hydroxylation is 1. The SMILES string of the molecule is Cc1ccc(NC(=O)CN2NS(=O)(=O)c3ccccc3C2=O)c(Cl)c1. The number of sulfonamides is 1. The van der Waals surface area contributed by atoms with Crippen LogP contribution in [0.3, 0.4) is 0 Å². The van der Waals surface area contributed by atoms with Crippen LogP contribution in [0.25, 0.3) is 0 Å². The maximum atomic E-state index is 12.4. The molecule has 0 unspecified atom stereocenters. The van der Waals surface area contributed by atoms with Crippen molar-refractivity contribution >= 4 is 39.1 Å². The average Bonchev–Trinajstić information content (AvgIpc) is 2.55. The van der Waals surface area contributed by atoms with Crippen LogP contribution < -0.4 is 10.1 Å². The highest BCUT2D eigenvalue weighted by Gasteiger charge is 2.34. The number of hydrazine groups is 1. The molecule has 2 aromatic carbocycles. The number of nitrogens with zero attached hydrogens (tertiary/aromatic N) is 1. The van der Waals surface area contributed by atoms with Gasteiger partial charge >= 0.3 is 0 Å². The molecule has 0 atom stereocenters. The van der Waals surface area contributed by atoms with Crippen molar-refractivity contribution in [2.75, 3.05) is 11.9 Å². The van der Waals surface area contributed by atoms with E-state index in [0.29, 0.717) is 10.7 Å². The Hall–Kier alpha value is -2.42. The van der Waals surface area contributed by atoms with Crippen LogP contribution in [0.4, 0.5) is 5.69 Å². The molecule has 0 saturated carbocycles. The fraction of sp³-hybridized carbons (Fsp3) is 0.125. The molecular weight excluding hydrogens is 366 g/mol. The predicted octanol–water partition coefficient (Wildman–Crippen LogP) is 1.94. The Morgan fingerprint density at radius 1 is 1.24 bits per heavy atom. The summed E-state index contributed by atoms with van der Waals surface area (Å²) in [5, 5.41) is 3.67. The van der Waals surface area contributed by atoms with Crippen molar-refractivity contribution in [3.8, 4) is 0 Å². The van der Waals surface area contributed by atoms with E-state index in [-0.39, 0.29) is 10.5 Å². The van der Waals surface area contributed by atoms with Gasteiger partial charge in [0.15, 0.2) is 0 Å². The van der Waals surface area contributed by atoms with Crippen molar-refractivity contribution in [2.24, 2.45) is 0 Å². The highest BCUT2D eigenvalue weighted by Crippen LogP contribution is 2.24. The maximum absolute atomic E-state index is 12.4. The number of anilines is 1. The van der Waals surface area contributed by atoms with Crippen molar-refractivity contribution in [2.45, 2.75) is 11.8 Å². The van der Waals surface area contributed by atoms with Crippen molar-refractivity contribution in [3.63, 3.8) is 0 Å². The van der Waals surface area contributed by atoms with E-state index in [4.69, 9.17) is 11.6 Å². The van der Waals surface area contributed by atoms with E-state index in [1.165, 1.54) is 18.2 Å². The van der Waals surface area contributed by atoms with Gasteiger partial charge in [-0.1, -0.05) is 29.8 Å². The molecule has 7 nitrogen and oxygen atoms in total. The minimum atomic E-state index is -3.91. The molecule has 0 fully saturated rings. The second kappa shape index (κ2) is 6.47. The normalized spacial score (nSPS) is 15.6. The van der Waals surface area contributed by atoms with E-state index >= 15 is 0 Å². The topological polar surface area (TPSA) is 95.6 Å². The van der Waals surface area contributed by atoms with Gasteiger partial charge in [-0.3, -0.25) is 14.6 Å². The quantitative estimate of drug-likeness (QED) is 0.851. The summed E-state index contributed by atoms with van der Waals surface area (Å²) < 4.78 is 24.4. The molecule has 1 aliphatic heterocycles. The molecule has 2 N–H and O–H groups in total. The minimum absolute atomic E-state index is 0.0161. The summed E-state index contributed by atoms with van der Waals surface area (Å²) in [5.41, 5.74) is 1.32. The molecule has 0 aromatic heterocycles. The number of amides is 2. The lowest BCUT2D eigenvalue weighted by molar-refractivity contribution is -0.117. The molecule has 0 radical (unpaired) electrons. The smallest absolute Gasteiger partial charge is 0.270 e. The third-order valence-electron chi connectivity index (χ3n) is 3.58. The number of fused-ring (bicyclic) bond motifs is 1. The fourth-order valence-electron chi connectivity index (χ4n) is 2.42. The van der Waals surface area contributed by atoms with E-state index in [2.05, 4.69) is 10.1 Å². The van der Waals surface area contributed by atoms with E-state index in [0.717, 1.165) is 10.6 Å². The van der Waals surface area contributed by atoms with Crippen LogP contribution in [-0.2, 0) is 14.8 Å². The molecule has 0 spiro atoms. The van der Waals surface area contributed by atoms with Crippen LogP contribution in [0.5, 0.6) is 0 Å². The second-order valence-corrected chi connectivity index (χ2v) is 7.55. The number of halogens is 1. The Morgan fingerprint density at radius 2 is 1.96 bits per heavy atom. The van der Waals surface area contributed by atoms with Gasteiger partial charge in [0.05, 0.1) is 21.2 Å². The maximum Gasteiger partial charge on any atom is 0.270 e. The Bertz CT molecular complexity index is 975. The van der Waals surface area contributed by atoms with E-state index in [1.807, 2.05) is 6.92 Å². The summed E-state index contributed by atoms with van der Waals surface area (Å²) in [7, 11) is -3.91. The van der Waals surface area contributed by atoms with Gasteiger partial charge in [0.1, 0.15) is 6.54 Å². The zero-order valence-corrected chi connectivity index (χ0v) is 14.7. The zero-order chi connectivity index (χ0) is 18.2. The Balaban J connectivity index is 1.79. The van der Waals surface area contributed by atoms with Gasteiger partial charge in [0, 0.05) is 0 Å². The van der Waals surface area contributed by atoms with Crippen molar-refractivity contribution in [1.82, 2.24) is 9.84 Å². The van der Waals surface area contributed by atoms with E-state index < -0.39 is 28.4 Å². The van der Waals surface area contributed by atoms with Gasteiger partial charge in [0.25, 0.3) is 15.9 Å². The Morgan fingerprint density at radius 3 is 2.68 bits per heavy atom. The number of nitrogens with one attached hydrogen (secondary N) is 2. The van der Waals surface area contributed by atoms with Gasteiger partial charge < -0.3 is 5.32 Å². The molecule has 3 rings (SSSR count). The van der Waals surface area contributed by atoms with Crippen LogP contribution >= 0.6 is 11.6 Å². The monoisotopic (exact) mass is 379 g/mol. The first kappa shape index (κ1) is 17.4. The molecule has 0 saturated heterocycles.